The maximum atomic E-state index is 8.66. The molecule has 21 heavy (non-hydrogen) atoms. The number of nitrogens with one attached hydrogen (secondary N) is 1. The third kappa shape index (κ3) is 22.7. The lowest BCUT2D eigenvalue weighted by Gasteiger charge is -2.14. The summed E-state index contributed by atoms with van der Waals surface area (Å²) in [4.78, 5) is 0. The quantitative estimate of drug-likeness (QED) is 0.263. The molecule has 0 saturated heterocycles. The Bertz CT molecular complexity index is 198. The summed E-state index contributed by atoms with van der Waals surface area (Å²) in [6.07, 6.45) is 15.8. The Kier molecular flexibility index (Phi) is 18.7. The summed E-state index contributed by atoms with van der Waals surface area (Å²) < 4.78 is 0. The van der Waals surface area contributed by atoms with Crippen LogP contribution in [0.25, 0.3) is 0 Å². The van der Waals surface area contributed by atoms with Gasteiger partial charge in [-0.05, 0) is 13.0 Å². The van der Waals surface area contributed by atoms with Crippen molar-refractivity contribution < 1.29 is 15.3 Å². The van der Waals surface area contributed by atoms with E-state index in [4.69, 9.17) is 15.3 Å². The van der Waals surface area contributed by atoms with E-state index >= 15 is 0 Å². The van der Waals surface area contributed by atoms with Gasteiger partial charge in [-0.25, -0.2) is 0 Å². The van der Waals surface area contributed by atoms with Crippen molar-refractivity contribution in [2.24, 2.45) is 0 Å². The Morgan fingerprint density at radius 2 is 1.05 bits per heavy atom. The molecule has 0 aliphatic rings. The van der Waals surface area contributed by atoms with Gasteiger partial charge in [0.2, 0.25) is 0 Å². The minimum atomic E-state index is -2.57. The second-order valence-electron chi connectivity index (χ2n) is 5.84. The first-order valence-electron chi connectivity index (χ1n) is 8.44. The van der Waals surface area contributed by atoms with Crippen LogP contribution in [0.1, 0.15) is 84.0 Å². The molecule has 0 radical (unpaired) electrons. The third-order valence-electron chi connectivity index (χ3n) is 3.57. The van der Waals surface area contributed by atoms with Gasteiger partial charge in [0, 0.05) is 0 Å². The van der Waals surface area contributed by atoms with Crippen LogP contribution in [0.2, 0.25) is 0 Å². The van der Waals surface area contributed by atoms with Gasteiger partial charge in [0.05, 0.1) is 6.54 Å². The topological polar surface area (TPSA) is 72.7 Å². The molecule has 0 aromatic carbocycles. The lowest BCUT2D eigenvalue weighted by molar-refractivity contribution is -0.306. The number of hydrogen-bond donors (Lipinski definition) is 4. The van der Waals surface area contributed by atoms with Crippen LogP contribution in [0.15, 0.2) is 0 Å². The predicted octanol–water partition coefficient (Wildman–Crippen LogP) is 3.49. The molecule has 0 atom stereocenters. The van der Waals surface area contributed by atoms with Gasteiger partial charge in [-0.3, -0.25) is 0 Å². The van der Waals surface area contributed by atoms with E-state index in [1.54, 1.807) is 0 Å². The number of unbranched alkanes of at least 4 members (excludes halogenated alkanes) is 11. The van der Waals surface area contributed by atoms with Crippen LogP contribution in [0, 0.1) is 0 Å². The fraction of sp³-hybridized carbons (Fsp3) is 1.00. The highest BCUT2D eigenvalue weighted by atomic mass is 79.9. The van der Waals surface area contributed by atoms with Gasteiger partial charge < -0.3 is 20.6 Å². The number of halogens is 1. The smallest absolute Gasteiger partial charge is 0.288 e. The molecule has 0 aromatic rings. The van der Waals surface area contributed by atoms with E-state index in [-0.39, 0.29) is 23.5 Å². The molecule has 0 aromatic heterocycles. The number of rotatable bonds is 15. The van der Waals surface area contributed by atoms with Crippen LogP contribution in [0.5, 0.6) is 0 Å². The maximum Gasteiger partial charge on any atom is 0.288 e. The molecule has 0 unspecified atom stereocenters. The van der Waals surface area contributed by atoms with Crippen LogP contribution in [0.3, 0.4) is 0 Å². The van der Waals surface area contributed by atoms with Crippen molar-refractivity contribution in [1.29, 1.82) is 0 Å². The Morgan fingerprint density at radius 3 is 1.43 bits per heavy atom. The van der Waals surface area contributed by atoms with Crippen LogP contribution < -0.4 is 5.32 Å². The number of aliphatic hydroxyl groups is 3. The summed E-state index contributed by atoms with van der Waals surface area (Å²) in [7, 11) is 0. The third-order valence-corrected chi connectivity index (χ3v) is 3.57. The minimum Gasteiger partial charge on any atom is -0.343 e. The first kappa shape index (κ1) is 23.6. The highest BCUT2D eigenvalue weighted by Crippen LogP contribution is 2.11. The molecule has 0 heterocycles. The van der Waals surface area contributed by atoms with Gasteiger partial charge in [0.1, 0.15) is 0 Å². The summed E-state index contributed by atoms with van der Waals surface area (Å²) >= 11 is 0. The minimum absolute atomic E-state index is 0. The second-order valence-corrected chi connectivity index (χ2v) is 5.84. The van der Waals surface area contributed by atoms with Gasteiger partial charge in [-0.1, -0.05) is 77.6 Å². The molecule has 4 nitrogen and oxygen atoms in total. The van der Waals surface area contributed by atoms with Gasteiger partial charge in [0.25, 0.3) is 5.97 Å². The average molecular weight is 370 g/mol. The summed E-state index contributed by atoms with van der Waals surface area (Å²) in [5, 5.41) is 28.8. The van der Waals surface area contributed by atoms with Crippen molar-refractivity contribution in [3.8, 4) is 0 Å². The van der Waals surface area contributed by atoms with Crippen LogP contribution in [-0.4, -0.2) is 34.4 Å². The zero-order valence-corrected chi connectivity index (χ0v) is 15.4. The molecule has 0 fully saturated rings. The monoisotopic (exact) mass is 369 g/mol. The standard InChI is InChI=1S/C16H35NO3.BrH/c1-2-3-4-5-6-7-8-9-10-11-12-13-14-17-15-16(18,19)20;/h17-20H,2-15H2,1H3;1H. The Morgan fingerprint density at radius 1 is 0.667 bits per heavy atom. The van der Waals surface area contributed by atoms with E-state index in [0.29, 0.717) is 0 Å². The summed E-state index contributed by atoms with van der Waals surface area (Å²) in [5.74, 6) is -2.57. The molecule has 5 heteroatoms. The van der Waals surface area contributed by atoms with E-state index < -0.39 is 5.97 Å². The van der Waals surface area contributed by atoms with Crippen LogP contribution in [0.4, 0.5) is 0 Å². The molecule has 0 bridgehead atoms. The predicted molar refractivity (Wildman–Crippen MR) is 93.7 cm³/mol. The van der Waals surface area contributed by atoms with Crippen molar-refractivity contribution in [3.63, 3.8) is 0 Å². The van der Waals surface area contributed by atoms with Crippen molar-refractivity contribution in [3.05, 3.63) is 0 Å². The molecular weight excluding hydrogens is 334 g/mol. The summed E-state index contributed by atoms with van der Waals surface area (Å²) in [5.41, 5.74) is 0. The molecule has 0 saturated carbocycles. The fourth-order valence-corrected chi connectivity index (χ4v) is 2.35. The maximum absolute atomic E-state index is 8.66. The van der Waals surface area contributed by atoms with E-state index in [2.05, 4.69) is 12.2 Å². The molecule has 0 spiro atoms. The van der Waals surface area contributed by atoms with E-state index in [9.17, 15) is 0 Å². The first-order valence-corrected chi connectivity index (χ1v) is 8.44. The van der Waals surface area contributed by atoms with Gasteiger partial charge >= 0.3 is 0 Å². The first-order chi connectivity index (χ1) is 9.56. The normalized spacial score (nSPS) is 11.4. The highest BCUT2D eigenvalue weighted by molar-refractivity contribution is 8.93. The Labute approximate surface area is 141 Å². The van der Waals surface area contributed by atoms with Crippen molar-refractivity contribution >= 4 is 17.0 Å². The highest BCUT2D eigenvalue weighted by Gasteiger charge is 2.15. The second kappa shape index (κ2) is 16.7. The Balaban J connectivity index is 0. The van der Waals surface area contributed by atoms with Crippen LogP contribution in [-0.2, 0) is 0 Å². The van der Waals surface area contributed by atoms with E-state index in [0.717, 1.165) is 13.0 Å². The largest absolute Gasteiger partial charge is 0.343 e. The summed E-state index contributed by atoms with van der Waals surface area (Å²) in [6, 6.07) is 0. The van der Waals surface area contributed by atoms with E-state index in [1.165, 1.54) is 70.6 Å². The molecule has 4 N–H and O–H groups in total. The molecule has 0 aliphatic carbocycles. The van der Waals surface area contributed by atoms with Gasteiger partial charge in [-0.15, -0.1) is 17.0 Å². The van der Waals surface area contributed by atoms with Gasteiger partial charge in [-0.2, -0.15) is 0 Å². The van der Waals surface area contributed by atoms with Gasteiger partial charge in [0.15, 0.2) is 0 Å². The molecule has 0 amide bonds. The zero-order valence-electron chi connectivity index (χ0n) is 13.6. The lowest BCUT2D eigenvalue weighted by atomic mass is 10.1. The van der Waals surface area contributed by atoms with Crippen molar-refractivity contribution in [1.82, 2.24) is 5.32 Å². The molecule has 0 aliphatic heterocycles. The molecular formula is C16H36BrNO3. The SMILES string of the molecule is Br.CCCCCCCCCCCCCCNCC(O)(O)O. The average Bonchev–Trinajstić information content (AvgIpc) is 2.38. The van der Waals surface area contributed by atoms with Crippen molar-refractivity contribution in [2.45, 2.75) is 89.9 Å². The lowest BCUT2D eigenvalue weighted by Crippen LogP contribution is -2.40. The zero-order chi connectivity index (χ0) is 15.1. The molecule has 0 rings (SSSR count). The number of hydrogen-bond acceptors (Lipinski definition) is 4. The van der Waals surface area contributed by atoms with Crippen molar-refractivity contribution in [2.75, 3.05) is 13.1 Å². The summed E-state index contributed by atoms with van der Waals surface area (Å²) in [6.45, 7) is 2.79. The fourth-order valence-electron chi connectivity index (χ4n) is 2.35. The Hall–Kier alpha value is 0.320. The van der Waals surface area contributed by atoms with Crippen LogP contribution >= 0.6 is 17.0 Å². The van der Waals surface area contributed by atoms with E-state index in [1.807, 2.05) is 0 Å². The molecule has 130 valence electrons.